The predicted molar refractivity (Wildman–Crippen MR) is 63.0 cm³/mol. The first-order chi connectivity index (χ1) is 8.18. The molecule has 1 heterocycles. The molecule has 0 aliphatic rings. The minimum atomic E-state index is -0.193. The molecule has 0 atom stereocenters. The lowest BCUT2D eigenvalue weighted by Crippen LogP contribution is -2.26. The Morgan fingerprint density at radius 2 is 2.24 bits per heavy atom. The van der Waals surface area contributed by atoms with E-state index in [0.29, 0.717) is 17.9 Å². The molecule has 0 saturated carbocycles. The maximum atomic E-state index is 11.9. The molecule has 0 aliphatic carbocycles. The van der Waals surface area contributed by atoms with Crippen LogP contribution in [0.2, 0.25) is 0 Å². The van der Waals surface area contributed by atoms with E-state index in [2.05, 4.69) is 15.4 Å². The van der Waals surface area contributed by atoms with Crippen molar-refractivity contribution in [1.29, 1.82) is 0 Å². The van der Waals surface area contributed by atoms with Gasteiger partial charge in [-0.1, -0.05) is 18.2 Å². The Bertz CT molecular complexity index is 508. The number of para-hydroxylation sites is 1. The highest BCUT2D eigenvalue weighted by atomic mass is 16.2. The molecule has 2 rings (SSSR count). The number of nitrogen functional groups attached to an aromatic ring is 1. The fourth-order valence-corrected chi connectivity index (χ4v) is 1.51. The molecule has 1 amide bonds. The first-order valence-electron chi connectivity index (χ1n) is 5.13. The molecule has 17 heavy (non-hydrogen) atoms. The second kappa shape index (κ2) is 4.65. The highest BCUT2D eigenvalue weighted by molar-refractivity contribution is 5.91. The molecule has 6 nitrogen and oxygen atoms in total. The Hall–Kier alpha value is -2.37. The normalized spacial score (nSPS) is 10.2. The molecule has 0 saturated heterocycles. The number of H-pyrrole nitrogens is 1. The Kier molecular flexibility index (Phi) is 3.04. The summed E-state index contributed by atoms with van der Waals surface area (Å²) < 4.78 is 0. The zero-order chi connectivity index (χ0) is 12.3. The fraction of sp³-hybridized carbons (Fsp3) is 0.182. The van der Waals surface area contributed by atoms with Crippen LogP contribution in [0.4, 0.5) is 5.69 Å². The van der Waals surface area contributed by atoms with Gasteiger partial charge in [0, 0.05) is 19.3 Å². The second-order valence-electron chi connectivity index (χ2n) is 3.72. The van der Waals surface area contributed by atoms with Gasteiger partial charge in [-0.15, -0.1) is 0 Å². The summed E-state index contributed by atoms with van der Waals surface area (Å²) in [5.41, 5.74) is 7.69. The van der Waals surface area contributed by atoms with Gasteiger partial charge in [-0.25, -0.2) is 0 Å². The quantitative estimate of drug-likeness (QED) is 0.759. The molecular weight excluding hydrogens is 218 g/mol. The number of hydrogen-bond acceptors (Lipinski definition) is 4. The van der Waals surface area contributed by atoms with E-state index in [1.165, 1.54) is 6.20 Å². The van der Waals surface area contributed by atoms with Crippen molar-refractivity contribution < 1.29 is 4.79 Å². The molecule has 0 radical (unpaired) electrons. The van der Waals surface area contributed by atoms with Gasteiger partial charge in [0.15, 0.2) is 5.69 Å². The lowest BCUT2D eigenvalue weighted by Gasteiger charge is -2.16. The molecule has 1 aromatic carbocycles. The highest BCUT2D eigenvalue weighted by Gasteiger charge is 2.15. The van der Waals surface area contributed by atoms with Gasteiger partial charge in [0.1, 0.15) is 0 Å². The van der Waals surface area contributed by atoms with E-state index in [0.717, 1.165) is 5.56 Å². The summed E-state index contributed by atoms with van der Waals surface area (Å²) in [5.74, 6) is -0.193. The van der Waals surface area contributed by atoms with Crippen LogP contribution in [0.15, 0.2) is 30.5 Å². The zero-order valence-corrected chi connectivity index (χ0v) is 9.42. The molecule has 1 aromatic heterocycles. The van der Waals surface area contributed by atoms with Gasteiger partial charge >= 0.3 is 0 Å². The number of carbonyl (C=O) groups is 1. The van der Waals surface area contributed by atoms with E-state index in [1.54, 1.807) is 11.9 Å². The van der Waals surface area contributed by atoms with Crippen molar-refractivity contribution in [3.63, 3.8) is 0 Å². The van der Waals surface area contributed by atoms with Crippen molar-refractivity contribution in [2.24, 2.45) is 0 Å². The van der Waals surface area contributed by atoms with Crippen molar-refractivity contribution in [3.05, 3.63) is 41.7 Å². The largest absolute Gasteiger partial charge is 0.398 e. The summed E-state index contributed by atoms with van der Waals surface area (Å²) in [6, 6.07) is 7.45. The van der Waals surface area contributed by atoms with Crippen molar-refractivity contribution in [2.45, 2.75) is 6.54 Å². The van der Waals surface area contributed by atoms with Crippen LogP contribution in [-0.2, 0) is 6.54 Å². The van der Waals surface area contributed by atoms with Crippen molar-refractivity contribution in [3.8, 4) is 0 Å². The molecule has 6 heteroatoms. The summed E-state index contributed by atoms with van der Waals surface area (Å²) in [7, 11) is 1.70. The minimum absolute atomic E-state index is 0.193. The number of aromatic nitrogens is 3. The minimum Gasteiger partial charge on any atom is -0.398 e. The molecule has 0 bridgehead atoms. The van der Waals surface area contributed by atoms with Crippen LogP contribution in [-0.4, -0.2) is 33.3 Å². The SMILES string of the molecule is CN(Cc1ccccc1N)C(=O)c1cn[nH]n1. The summed E-state index contributed by atoms with van der Waals surface area (Å²) >= 11 is 0. The van der Waals surface area contributed by atoms with Gasteiger partial charge in [0.2, 0.25) is 0 Å². The third kappa shape index (κ3) is 2.41. The van der Waals surface area contributed by atoms with Crippen LogP contribution in [0.5, 0.6) is 0 Å². The monoisotopic (exact) mass is 231 g/mol. The Labute approximate surface area is 98.4 Å². The number of carbonyl (C=O) groups excluding carboxylic acids is 1. The Balaban J connectivity index is 2.10. The molecule has 2 aromatic rings. The van der Waals surface area contributed by atoms with Crippen LogP contribution in [0.3, 0.4) is 0 Å². The molecule has 0 unspecified atom stereocenters. The third-order valence-electron chi connectivity index (χ3n) is 2.44. The number of nitrogens with zero attached hydrogens (tertiary/aromatic N) is 3. The summed E-state index contributed by atoms with van der Waals surface area (Å²) in [4.78, 5) is 13.4. The van der Waals surface area contributed by atoms with Crippen LogP contribution >= 0.6 is 0 Å². The van der Waals surface area contributed by atoms with Crippen molar-refractivity contribution in [1.82, 2.24) is 20.3 Å². The maximum absolute atomic E-state index is 11.9. The van der Waals surface area contributed by atoms with E-state index < -0.39 is 0 Å². The molecule has 88 valence electrons. The molecule has 0 aliphatic heterocycles. The molecule has 0 spiro atoms. The van der Waals surface area contributed by atoms with Crippen molar-refractivity contribution >= 4 is 11.6 Å². The van der Waals surface area contributed by atoms with E-state index in [-0.39, 0.29) is 5.91 Å². The van der Waals surface area contributed by atoms with E-state index in [4.69, 9.17) is 5.73 Å². The number of nitrogens with two attached hydrogens (primary N) is 1. The molecular formula is C11H13N5O. The fourth-order valence-electron chi connectivity index (χ4n) is 1.51. The maximum Gasteiger partial charge on any atom is 0.276 e. The number of aromatic amines is 1. The van der Waals surface area contributed by atoms with E-state index in [9.17, 15) is 4.79 Å². The van der Waals surface area contributed by atoms with Gasteiger partial charge in [-0.05, 0) is 11.6 Å². The first-order valence-corrected chi connectivity index (χ1v) is 5.13. The number of nitrogens with one attached hydrogen (secondary N) is 1. The Morgan fingerprint density at radius 1 is 1.47 bits per heavy atom. The Morgan fingerprint density at radius 3 is 2.88 bits per heavy atom. The summed E-state index contributed by atoms with van der Waals surface area (Å²) in [6.07, 6.45) is 1.40. The van der Waals surface area contributed by atoms with Crippen LogP contribution in [0.25, 0.3) is 0 Å². The lowest BCUT2D eigenvalue weighted by molar-refractivity contribution is 0.0779. The van der Waals surface area contributed by atoms with Crippen molar-refractivity contribution in [2.75, 3.05) is 12.8 Å². The average molecular weight is 231 g/mol. The van der Waals surface area contributed by atoms with Gasteiger partial charge in [-0.3, -0.25) is 4.79 Å². The number of amides is 1. The second-order valence-corrected chi connectivity index (χ2v) is 3.72. The highest BCUT2D eigenvalue weighted by Crippen LogP contribution is 2.13. The van der Waals surface area contributed by atoms with Gasteiger partial charge < -0.3 is 10.6 Å². The van der Waals surface area contributed by atoms with Crippen LogP contribution in [0.1, 0.15) is 16.1 Å². The van der Waals surface area contributed by atoms with Gasteiger partial charge in [0.25, 0.3) is 5.91 Å². The molecule has 0 fully saturated rings. The summed E-state index contributed by atoms with van der Waals surface area (Å²) in [5, 5.41) is 9.75. The van der Waals surface area contributed by atoms with Gasteiger partial charge in [0.05, 0.1) is 6.20 Å². The number of hydrogen-bond donors (Lipinski definition) is 2. The number of benzene rings is 1. The summed E-state index contributed by atoms with van der Waals surface area (Å²) in [6.45, 7) is 0.443. The van der Waals surface area contributed by atoms with Gasteiger partial charge in [-0.2, -0.15) is 15.4 Å². The molecule has 3 N–H and O–H groups in total. The van der Waals surface area contributed by atoms with Crippen LogP contribution in [0, 0.1) is 0 Å². The first kappa shape index (κ1) is 11.1. The standard InChI is InChI=1S/C11H13N5O/c1-16(11(17)10-6-13-15-14-10)7-8-4-2-3-5-9(8)12/h2-6H,7,12H2,1H3,(H,13,14,15). The number of anilines is 1. The zero-order valence-electron chi connectivity index (χ0n) is 9.42. The predicted octanol–water partition coefficient (Wildman–Crippen LogP) is 0.659. The smallest absolute Gasteiger partial charge is 0.276 e. The topological polar surface area (TPSA) is 87.9 Å². The lowest BCUT2D eigenvalue weighted by atomic mass is 10.1. The average Bonchev–Trinajstić information content (AvgIpc) is 2.84. The number of rotatable bonds is 3. The van der Waals surface area contributed by atoms with E-state index in [1.807, 2.05) is 24.3 Å². The third-order valence-corrected chi connectivity index (χ3v) is 2.44. The van der Waals surface area contributed by atoms with Crippen LogP contribution < -0.4 is 5.73 Å². The van der Waals surface area contributed by atoms with E-state index >= 15 is 0 Å².